The van der Waals surface area contributed by atoms with Crippen molar-refractivity contribution in [2.24, 2.45) is 0 Å². The Bertz CT molecular complexity index is 482. The summed E-state index contributed by atoms with van der Waals surface area (Å²) in [4.78, 5) is 14.1. The minimum Gasteiger partial charge on any atom is -0.379 e. The molecule has 0 bridgehead atoms. The highest BCUT2D eigenvalue weighted by Gasteiger charge is 2.08. The Morgan fingerprint density at radius 2 is 1.95 bits per heavy atom. The van der Waals surface area contributed by atoms with Gasteiger partial charge in [-0.1, -0.05) is 23.7 Å². The molecule has 2 rings (SSSR count). The van der Waals surface area contributed by atoms with Gasteiger partial charge in [-0.2, -0.15) is 0 Å². The van der Waals surface area contributed by atoms with Crippen molar-refractivity contribution in [3.63, 3.8) is 0 Å². The van der Waals surface area contributed by atoms with E-state index in [0.29, 0.717) is 11.6 Å². The van der Waals surface area contributed by atoms with E-state index in [2.05, 4.69) is 10.2 Å². The lowest BCUT2D eigenvalue weighted by molar-refractivity contribution is -0.116. The van der Waals surface area contributed by atoms with Crippen LogP contribution in [0.4, 0.5) is 0 Å². The van der Waals surface area contributed by atoms with E-state index < -0.39 is 0 Å². The Kier molecular flexibility index (Phi) is 7.43. The predicted octanol–water partition coefficient (Wildman–Crippen LogP) is 2.58. The van der Waals surface area contributed by atoms with Gasteiger partial charge in [0, 0.05) is 30.7 Å². The number of ether oxygens (including phenoxy) is 1. The van der Waals surface area contributed by atoms with Gasteiger partial charge in [0.15, 0.2) is 0 Å². The lowest BCUT2D eigenvalue weighted by atomic mass is 10.2. The fraction of sp³-hybridized carbons (Fsp3) is 0.471. The van der Waals surface area contributed by atoms with E-state index in [4.69, 9.17) is 16.3 Å². The number of halogens is 1. The maximum Gasteiger partial charge on any atom is 0.243 e. The van der Waals surface area contributed by atoms with Crippen molar-refractivity contribution < 1.29 is 9.53 Å². The summed E-state index contributed by atoms with van der Waals surface area (Å²) < 4.78 is 5.31. The average molecular weight is 323 g/mol. The first-order valence-electron chi connectivity index (χ1n) is 7.75. The van der Waals surface area contributed by atoms with Crippen LogP contribution in [0.25, 0.3) is 6.08 Å². The second-order valence-corrected chi connectivity index (χ2v) is 5.77. The number of nitrogens with zero attached hydrogens (tertiary/aromatic N) is 1. The Balaban J connectivity index is 1.56. The summed E-state index contributed by atoms with van der Waals surface area (Å²) in [5.41, 5.74) is 0.965. The summed E-state index contributed by atoms with van der Waals surface area (Å²) in [5, 5.41) is 3.60. The zero-order chi connectivity index (χ0) is 15.6. The fourth-order valence-corrected chi connectivity index (χ4v) is 2.43. The molecule has 1 aliphatic rings. The molecule has 1 aliphatic heterocycles. The predicted molar refractivity (Wildman–Crippen MR) is 90.0 cm³/mol. The fourth-order valence-electron chi connectivity index (χ4n) is 2.30. The molecular formula is C17H23ClN2O2. The first-order chi connectivity index (χ1) is 10.7. The van der Waals surface area contributed by atoms with Gasteiger partial charge in [0.25, 0.3) is 0 Å². The van der Waals surface area contributed by atoms with Crippen molar-refractivity contribution in [1.82, 2.24) is 10.2 Å². The van der Waals surface area contributed by atoms with Crippen LogP contribution in [0.3, 0.4) is 0 Å². The second-order valence-electron chi connectivity index (χ2n) is 5.34. The second kappa shape index (κ2) is 9.62. The van der Waals surface area contributed by atoms with Crippen LogP contribution in [0.15, 0.2) is 30.3 Å². The smallest absolute Gasteiger partial charge is 0.243 e. The molecule has 1 amide bonds. The van der Waals surface area contributed by atoms with E-state index in [9.17, 15) is 4.79 Å². The van der Waals surface area contributed by atoms with Crippen molar-refractivity contribution in [2.45, 2.75) is 12.8 Å². The Hall–Kier alpha value is -1.36. The first kappa shape index (κ1) is 17.0. The quantitative estimate of drug-likeness (QED) is 0.619. The largest absolute Gasteiger partial charge is 0.379 e. The van der Waals surface area contributed by atoms with Gasteiger partial charge in [0.2, 0.25) is 5.91 Å². The lowest BCUT2D eigenvalue weighted by Gasteiger charge is -2.26. The monoisotopic (exact) mass is 322 g/mol. The third-order valence-electron chi connectivity index (χ3n) is 3.60. The highest BCUT2D eigenvalue weighted by molar-refractivity contribution is 6.30. The maximum atomic E-state index is 11.7. The summed E-state index contributed by atoms with van der Waals surface area (Å²) in [7, 11) is 0. The molecular weight excluding hydrogens is 300 g/mol. The van der Waals surface area contributed by atoms with Crippen LogP contribution >= 0.6 is 11.6 Å². The van der Waals surface area contributed by atoms with E-state index in [1.165, 1.54) is 0 Å². The van der Waals surface area contributed by atoms with E-state index in [-0.39, 0.29) is 5.91 Å². The number of unbranched alkanes of at least 4 members (excludes halogenated alkanes) is 1. The van der Waals surface area contributed by atoms with Crippen molar-refractivity contribution in [3.05, 3.63) is 40.9 Å². The van der Waals surface area contributed by atoms with Crippen LogP contribution in [0, 0.1) is 0 Å². The molecule has 0 spiro atoms. The van der Waals surface area contributed by atoms with Crippen LogP contribution in [0.5, 0.6) is 0 Å². The summed E-state index contributed by atoms with van der Waals surface area (Å²) in [5.74, 6) is -0.0543. The van der Waals surface area contributed by atoms with Gasteiger partial charge in [-0.05, 0) is 43.2 Å². The van der Waals surface area contributed by atoms with Gasteiger partial charge < -0.3 is 10.1 Å². The standard InChI is InChI=1S/C17H23ClN2O2/c18-16-6-3-15(4-7-16)5-8-17(21)19-9-1-2-10-20-11-13-22-14-12-20/h3-8H,1-2,9-14H2,(H,19,21)/b8-5+. The van der Waals surface area contributed by atoms with Gasteiger partial charge in [0.1, 0.15) is 0 Å². The molecule has 0 radical (unpaired) electrons. The number of amides is 1. The molecule has 120 valence electrons. The van der Waals surface area contributed by atoms with Gasteiger partial charge in [-0.25, -0.2) is 0 Å². The number of carbonyl (C=O) groups excluding carboxylic acids is 1. The van der Waals surface area contributed by atoms with E-state index in [0.717, 1.165) is 51.3 Å². The van der Waals surface area contributed by atoms with Crippen LogP contribution in [0.2, 0.25) is 5.02 Å². The maximum absolute atomic E-state index is 11.7. The molecule has 0 saturated carbocycles. The molecule has 1 heterocycles. The van der Waals surface area contributed by atoms with Crippen LogP contribution < -0.4 is 5.32 Å². The molecule has 1 aromatic rings. The van der Waals surface area contributed by atoms with Gasteiger partial charge >= 0.3 is 0 Å². The molecule has 22 heavy (non-hydrogen) atoms. The molecule has 1 N–H and O–H groups in total. The van der Waals surface area contributed by atoms with Crippen LogP contribution in [0.1, 0.15) is 18.4 Å². The van der Waals surface area contributed by atoms with Crippen molar-refractivity contribution in [1.29, 1.82) is 0 Å². The molecule has 1 saturated heterocycles. The molecule has 4 nitrogen and oxygen atoms in total. The summed E-state index contributed by atoms with van der Waals surface area (Å²) in [6, 6.07) is 7.39. The number of morpholine rings is 1. The molecule has 0 aliphatic carbocycles. The van der Waals surface area contributed by atoms with Crippen LogP contribution in [-0.2, 0) is 9.53 Å². The minimum atomic E-state index is -0.0543. The van der Waals surface area contributed by atoms with Gasteiger partial charge in [-0.3, -0.25) is 9.69 Å². The molecule has 0 aromatic heterocycles. The Morgan fingerprint density at radius 3 is 2.68 bits per heavy atom. The zero-order valence-corrected chi connectivity index (χ0v) is 13.5. The highest BCUT2D eigenvalue weighted by Crippen LogP contribution is 2.10. The average Bonchev–Trinajstić information content (AvgIpc) is 2.55. The minimum absolute atomic E-state index is 0.0543. The molecule has 1 aromatic carbocycles. The summed E-state index contributed by atoms with van der Waals surface area (Å²) in [6.07, 6.45) is 5.45. The lowest BCUT2D eigenvalue weighted by Crippen LogP contribution is -2.37. The zero-order valence-electron chi connectivity index (χ0n) is 12.8. The molecule has 0 atom stereocenters. The van der Waals surface area contributed by atoms with Crippen molar-refractivity contribution in [3.8, 4) is 0 Å². The summed E-state index contributed by atoms with van der Waals surface area (Å²) in [6.45, 7) is 5.53. The van der Waals surface area contributed by atoms with Gasteiger partial charge in [-0.15, -0.1) is 0 Å². The number of carbonyl (C=O) groups is 1. The number of benzene rings is 1. The SMILES string of the molecule is O=C(/C=C/c1ccc(Cl)cc1)NCCCCN1CCOCC1. The number of nitrogens with one attached hydrogen (secondary N) is 1. The van der Waals surface area contributed by atoms with E-state index in [1.807, 2.05) is 24.3 Å². The third kappa shape index (κ3) is 6.60. The molecule has 0 unspecified atom stereocenters. The Morgan fingerprint density at radius 1 is 1.23 bits per heavy atom. The number of rotatable bonds is 7. The number of hydrogen-bond acceptors (Lipinski definition) is 3. The third-order valence-corrected chi connectivity index (χ3v) is 3.85. The molecule has 1 fully saturated rings. The molecule has 5 heteroatoms. The first-order valence-corrected chi connectivity index (χ1v) is 8.13. The number of hydrogen-bond donors (Lipinski definition) is 1. The van der Waals surface area contributed by atoms with Gasteiger partial charge in [0.05, 0.1) is 13.2 Å². The topological polar surface area (TPSA) is 41.6 Å². The normalized spacial score (nSPS) is 16.0. The highest BCUT2D eigenvalue weighted by atomic mass is 35.5. The van der Waals surface area contributed by atoms with E-state index >= 15 is 0 Å². The van der Waals surface area contributed by atoms with Crippen LogP contribution in [-0.4, -0.2) is 50.2 Å². The van der Waals surface area contributed by atoms with Crippen molar-refractivity contribution in [2.75, 3.05) is 39.4 Å². The summed E-state index contributed by atoms with van der Waals surface area (Å²) >= 11 is 5.81. The van der Waals surface area contributed by atoms with Crippen molar-refractivity contribution >= 4 is 23.6 Å². The van der Waals surface area contributed by atoms with E-state index in [1.54, 1.807) is 12.2 Å². The Labute approximate surface area is 137 Å².